The smallest absolute Gasteiger partial charge is 0.148 e. The Kier molecular flexibility index (Phi) is 4.58. The van der Waals surface area contributed by atoms with Crippen LogP contribution in [0, 0.1) is 0 Å². The number of unbranched alkanes of at least 4 members (excludes halogenated alkanes) is 5. The summed E-state index contributed by atoms with van der Waals surface area (Å²) in [4.78, 5) is 0. The van der Waals surface area contributed by atoms with Crippen molar-refractivity contribution in [2.24, 2.45) is 0 Å². The van der Waals surface area contributed by atoms with E-state index < -0.39 is 0 Å². The van der Waals surface area contributed by atoms with Crippen molar-refractivity contribution < 1.29 is 8.83 Å². The number of anilines is 1. The fourth-order valence-electron chi connectivity index (χ4n) is 3.74. The fourth-order valence-corrected chi connectivity index (χ4v) is 5.61. The van der Waals surface area contributed by atoms with Gasteiger partial charge in [0.05, 0.1) is 14.4 Å². The zero-order chi connectivity index (χ0) is 18.2. The number of fused-ring (bicyclic) bond motifs is 6. The summed E-state index contributed by atoms with van der Waals surface area (Å²) >= 11 is 3.52. The number of thiophene rings is 2. The van der Waals surface area contributed by atoms with Crippen molar-refractivity contribution in [3.63, 3.8) is 0 Å². The van der Waals surface area contributed by atoms with Gasteiger partial charge in [0.1, 0.15) is 22.3 Å². The molecule has 0 radical (unpaired) electrons. The largest absolute Gasteiger partial charge is 0.455 e. The van der Waals surface area contributed by atoms with Crippen LogP contribution in [0.2, 0.25) is 0 Å². The Bertz CT molecular complexity index is 1210. The third-order valence-corrected chi connectivity index (χ3v) is 7.20. The number of benzene rings is 1. The molecule has 0 unspecified atom stereocenters. The maximum atomic E-state index is 6.10. The highest BCUT2D eigenvalue weighted by molar-refractivity contribution is 7.23. The third kappa shape index (κ3) is 3.13. The van der Waals surface area contributed by atoms with E-state index in [1.165, 1.54) is 63.7 Å². The van der Waals surface area contributed by atoms with E-state index in [-0.39, 0.29) is 0 Å². The van der Waals surface area contributed by atoms with Gasteiger partial charge in [0.2, 0.25) is 0 Å². The summed E-state index contributed by atoms with van der Waals surface area (Å²) in [5.74, 6) is 0. The average molecular weight is 398 g/mol. The van der Waals surface area contributed by atoms with Gasteiger partial charge in [0.25, 0.3) is 0 Å². The van der Waals surface area contributed by atoms with Gasteiger partial charge in [-0.15, -0.1) is 22.7 Å². The van der Waals surface area contributed by atoms with Crippen molar-refractivity contribution >= 4 is 70.2 Å². The Morgan fingerprint density at radius 2 is 1.59 bits per heavy atom. The van der Waals surface area contributed by atoms with E-state index in [1.807, 2.05) is 12.1 Å². The highest BCUT2D eigenvalue weighted by Gasteiger charge is 2.16. The number of hydrogen-bond donors (Lipinski definition) is 1. The second kappa shape index (κ2) is 7.21. The maximum absolute atomic E-state index is 6.10. The molecule has 0 aliphatic heterocycles. The minimum Gasteiger partial charge on any atom is -0.455 e. The zero-order valence-corrected chi connectivity index (χ0v) is 17.1. The van der Waals surface area contributed by atoms with Crippen molar-refractivity contribution in [2.45, 2.75) is 45.4 Å². The third-order valence-electron chi connectivity index (χ3n) is 5.17. The Labute approximate surface area is 165 Å². The van der Waals surface area contributed by atoms with Crippen LogP contribution in [0.15, 0.2) is 38.5 Å². The molecule has 0 bridgehead atoms. The molecule has 5 aromatic rings. The minimum absolute atomic E-state index is 0.909. The maximum Gasteiger partial charge on any atom is 0.148 e. The van der Waals surface area contributed by atoms with Crippen LogP contribution in [0.1, 0.15) is 45.4 Å². The number of nitrogens with one attached hydrogen (secondary N) is 1. The van der Waals surface area contributed by atoms with Crippen LogP contribution in [-0.4, -0.2) is 6.54 Å². The fraction of sp³-hybridized carbons (Fsp3) is 0.364. The summed E-state index contributed by atoms with van der Waals surface area (Å²) < 4.78 is 14.5. The molecule has 5 rings (SSSR count). The molecule has 0 fully saturated rings. The van der Waals surface area contributed by atoms with Crippen LogP contribution in [0.3, 0.4) is 0 Å². The lowest BCUT2D eigenvalue weighted by Crippen LogP contribution is -1.99. The molecule has 0 spiro atoms. The average Bonchev–Trinajstić information content (AvgIpc) is 3.39. The van der Waals surface area contributed by atoms with E-state index in [0.717, 1.165) is 28.9 Å². The van der Waals surface area contributed by atoms with Gasteiger partial charge in [-0.25, -0.2) is 0 Å². The lowest BCUT2D eigenvalue weighted by atomic mass is 10.1. The van der Waals surface area contributed by atoms with E-state index in [2.05, 4.69) is 29.8 Å². The molecule has 0 atom stereocenters. The van der Waals surface area contributed by atoms with Gasteiger partial charge in [-0.3, -0.25) is 0 Å². The molecule has 0 aliphatic rings. The summed E-state index contributed by atoms with van der Waals surface area (Å²) in [5.41, 5.74) is 3.75. The van der Waals surface area contributed by atoms with Crippen LogP contribution in [0.5, 0.6) is 0 Å². The van der Waals surface area contributed by atoms with Gasteiger partial charge < -0.3 is 14.2 Å². The standard InChI is InChI=1S/C22H23NO2S2/c1-2-3-4-5-6-7-9-23-20-13-19-22(27-20)15-11-14-17(12-18(15)25-19)24-16-8-10-26-21(14)16/h8,10-13,23H,2-7,9H2,1H3. The minimum atomic E-state index is 0.909. The zero-order valence-electron chi connectivity index (χ0n) is 15.5. The molecule has 0 aliphatic carbocycles. The van der Waals surface area contributed by atoms with Crippen LogP contribution >= 0.6 is 22.7 Å². The van der Waals surface area contributed by atoms with Crippen molar-refractivity contribution in [3.05, 3.63) is 29.6 Å². The first-order valence-corrected chi connectivity index (χ1v) is 11.5. The van der Waals surface area contributed by atoms with Crippen molar-refractivity contribution in [1.29, 1.82) is 0 Å². The molecule has 1 N–H and O–H groups in total. The molecule has 0 saturated carbocycles. The Balaban J connectivity index is 1.36. The van der Waals surface area contributed by atoms with Gasteiger partial charge in [-0.05, 0) is 23.9 Å². The van der Waals surface area contributed by atoms with Crippen LogP contribution in [-0.2, 0) is 0 Å². The summed E-state index contributed by atoms with van der Waals surface area (Å²) in [5, 5.41) is 9.23. The van der Waals surface area contributed by atoms with Gasteiger partial charge in [0.15, 0.2) is 0 Å². The Hall–Kier alpha value is -1.98. The molecule has 4 heterocycles. The second-order valence-corrected chi connectivity index (χ2v) is 9.13. The summed E-state index contributed by atoms with van der Waals surface area (Å²) in [6.45, 7) is 3.30. The van der Waals surface area contributed by atoms with Gasteiger partial charge in [0, 0.05) is 29.4 Å². The number of hydrogen-bond acceptors (Lipinski definition) is 5. The lowest BCUT2D eigenvalue weighted by Gasteiger charge is -2.03. The van der Waals surface area contributed by atoms with Crippen molar-refractivity contribution in [1.82, 2.24) is 0 Å². The molecule has 1 aromatic carbocycles. The molecule has 27 heavy (non-hydrogen) atoms. The van der Waals surface area contributed by atoms with Crippen LogP contribution < -0.4 is 5.32 Å². The predicted molar refractivity (Wildman–Crippen MR) is 119 cm³/mol. The first-order valence-electron chi connectivity index (χ1n) is 9.83. The predicted octanol–water partition coefficient (Wildman–Crippen LogP) is 8.38. The van der Waals surface area contributed by atoms with Crippen LogP contribution in [0.4, 0.5) is 5.00 Å². The summed E-state index contributed by atoms with van der Waals surface area (Å²) in [7, 11) is 0. The monoisotopic (exact) mass is 397 g/mol. The molecular formula is C22H23NO2S2. The summed E-state index contributed by atoms with van der Waals surface area (Å²) in [6.07, 6.45) is 7.94. The quantitative estimate of drug-likeness (QED) is 0.267. The molecule has 0 saturated heterocycles. The van der Waals surface area contributed by atoms with E-state index >= 15 is 0 Å². The Morgan fingerprint density at radius 1 is 0.815 bits per heavy atom. The topological polar surface area (TPSA) is 38.3 Å². The lowest BCUT2D eigenvalue weighted by molar-refractivity contribution is 0.617. The van der Waals surface area contributed by atoms with Gasteiger partial charge in [-0.2, -0.15) is 0 Å². The van der Waals surface area contributed by atoms with E-state index in [4.69, 9.17) is 8.83 Å². The first-order chi connectivity index (χ1) is 13.3. The molecule has 140 valence electrons. The van der Waals surface area contributed by atoms with E-state index in [9.17, 15) is 0 Å². The molecule has 5 heteroatoms. The molecule has 4 aromatic heterocycles. The highest BCUT2D eigenvalue weighted by Crippen LogP contribution is 2.42. The molecular weight excluding hydrogens is 374 g/mol. The van der Waals surface area contributed by atoms with E-state index in [0.29, 0.717) is 0 Å². The van der Waals surface area contributed by atoms with Crippen molar-refractivity contribution in [3.8, 4) is 0 Å². The van der Waals surface area contributed by atoms with Gasteiger partial charge in [-0.1, -0.05) is 39.0 Å². The summed E-state index contributed by atoms with van der Waals surface area (Å²) in [6, 6.07) is 8.44. The number of rotatable bonds is 8. The van der Waals surface area contributed by atoms with Crippen molar-refractivity contribution in [2.75, 3.05) is 11.9 Å². The highest BCUT2D eigenvalue weighted by atomic mass is 32.1. The Morgan fingerprint density at radius 3 is 2.48 bits per heavy atom. The molecule has 0 amide bonds. The first kappa shape index (κ1) is 17.1. The normalized spacial score (nSPS) is 12.2. The second-order valence-electron chi connectivity index (χ2n) is 7.16. The molecule has 3 nitrogen and oxygen atoms in total. The van der Waals surface area contributed by atoms with Gasteiger partial charge >= 0.3 is 0 Å². The van der Waals surface area contributed by atoms with Crippen LogP contribution in [0.25, 0.3) is 42.5 Å². The van der Waals surface area contributed by atoms with E-state index in [1.54, 1.807) is 22.7 Å². The number of furan rings is 2. The SMILES string of the molecule is CCCCCCCCNc1cc2oc3cc4oc5ccsc5c4cc3c2s1.